The fourth-order valence-electron chi connectivity index (χ4n) is 3.23. The van der Waals surface area contributed by atoms with E-state index in [1.165, 1.54) is 5.56 Å². The molecule has 0 saturated carbocycles. The summed E-state index contributed by atoms with van der Waals surface area (Å²) in [5.74, 6) is 0.381. The van der Waals surface area contributed by atoms with Gasteiger partial charge in [-0.25, -0.2) is 0 Å². The second-order valence-electron chi connectivity index (χ2n) is 5.92. The number of benzene rings is 1. The Morgan fingerprint density at radius 3 is 3.05 bits per heavy atom. The van der Waals surface area contributed by atoms with Crippen molar-refractivity contribution in [1.82, 2.24) is 4.90 Å². The lowest BCUT2D eigenvalue weighted by Gasteiger charge is -2.36. The number of aliphatic hydroxyl groups is 1. The predicted octanol–water partition coefficient (Wildman–Crippen LogP) is 1.19. The minimum absolute atomic E-state index is 0.0196. The monoisotopic (exact) mass is 290 g/mol. The van der Waals surface area contributed by atoms with E-state index < -0.39 is 0 Å². The maximum absolute atomic E-state index is 12.5. The first-order valence-corrected chi connectivity index (χ1v) is 7.54. The van der Waals surface area contributed by atoms with Crippen molar-refractivity contribution in [2.45, 2.75) is 31.5 Å². The minimum atomic E-state index is -0.258. The van der Waals surface area contributed by atoms with Gasteiger partial charge in [0.05, 0.1) is 18.8 Å². The van der Waals surface area contributed by atoms with Crippen LogP contribution in [0.4, 0.5) is 5.69 Å². The zero-order chi connectivity index (χ0) is 14.8. The number of morpholine rings is 1. The number of hydrogen-bond acceptors (Lipinski definition) is 4. The van der Waals surface area contributed by atoms with Gasteiger partial charge in [0.25, 0.3) is 0 Å². The molecule has 0 radical (unpaired) electrons. The van der Waals surface area contributed by atoms with E-state index in [9.17, 15) is 9.90 Å². The van der Waals surface area contributed by atoms with Gasteiger partial charge in [0.15, 0.2) is 0 Å². The highest BCUT2D eigenvalue weighted by Gasteiger charge is 2.31. The van der Waals surface area contributed by atoms with Crippen molar-refractivity contribution < 1.29 is 14.6 Å². The molecule has 5 nitrogen and oxygen atoms in total. The van der Waals surface area contributed by atoms with Gasteiger partial charge in [-0.3, -0.25) is 4.79 Å². The Hall–Kier alpha value is -1.59. The SMILES string of the molecule is CC1CN(C(=O)CC2CNc3ccccc32)CC(CO)O1. The molecular formula is C16H22N2O3. The van der Waals surface area contributed by atoms with Gasteiger partial charge in [-0.2, -0.15) is 0 Å². The number of amides is 1. The van der Waals surface area contributed by atoms with Crippen LogP contribution in [0.3, 0.4) is 0 Å². The molecule has 2 aliphatic rings. The largest absolute Gasteiger partial charge is 0.394 e. The quantitative estimate of drug-likeness (QED) is 0.878. The molecule has 5 heteroatoms. The molecule has 3 atom stereocenters. The number of aliphatic hydroxyl groups excluding tert-OH is 1. The fraction of sp³-hybridized carbons (Fsp3) is 0.562. The summed E-state index contributed by atoms with van der Waals surface area (Å²) in [5, 5.41) is 12.6. The lowest BCUT2D eigenvalue weighted by atomic mass is 9.97. The summed E-state index contributed by atoms with van der Waals surface area (Å²) in [5.41, 5.74) is 2.37. The van der Waals surface area contributed by atoms with Crippen molar-refractivity contribution in [3.05, 3.63) is 29.8 Å². The zero-order valence-electron chi connectivity index (χ0n) is 12.3. The number of nitrogens with one attached hydrogen (secondary N) is 1. The van der Waals surface area contributed by atoms with Crippen molar-refractivity contribution in [3.63, 3.8) is 0 Å². The topological polar surface area (TPSA) is 61.8 Å². The summed E-state index contributed by atoms with van der Waals surface area (Å²) in [6.45, 7) is 3.81. The maximum Gasteiger partial charge on any atom is 0.223 e. The number of rotatable bonds is 3. The van der Waals surface area contributed by atoms with E-state index in [0.29, 0.717) is 19.5 Å². The Morgan fingerprint density at radius 1 is 1.43 bits per heavy atom. The van der Waals surface area contributed by atoms with Crippen LogP contribution >= 0.6 is 0 Å². The number of carbonyl (C=O) groups is 1. The lowest BCUT2D eigenvalue weighted by Crippen LogP contribution is -2.50. The van der Waals surface area contributed by atoms with E-state index in [-0.39, 0.29) is 30.6 Å². The molecule has 2 heterocycles. The number of para-hydroxylation sites is 1. The predicted molar refractivity (Wildman–Crippen MR) is 80.3 cm³/mol. The minimum Gasteiger partial charge on any atom is -0.394 e. The molecule has 0 aliphatic carbocycles. The third kappa shape index (κ3) is 3.04. The summed E-state index contributed by atoms with van der Waals surface area (Å²) in [6.07, 6.45) is 0.232. The van der Waals surface area contributed by atoms with Crippen LogP contribution in [0.25, 0.3) is 0 Å². The first kappa shape index (κ1) is 14.4. The summed E-state index contributed by atoms with van der Waals surface area (Å²) < 4.78 is 5.59. The molecule has 0 spiro atoms. The Kier molecular flexibility index (Phi) is 4.12. The average molecular weight is 290 g/mol. The smallest absolute Gasteiger partial charge is 0.223 e. The Morgan fingerprint density at radius 2 is 2.24 bits per heavy atom. The molecule has 2 N–H and O–H groups in total. The summed E-state index contributed by atoms with van der Waals surface area (Å²) >= 11 is 0. The molecule has 114 valence electrons. The first-order valence-electron chi connectivity index (χ1n) is 7.54. The number of nitrogens with zero attached hydrogens (tertiary/aromatic N) is 1. The van der Waals surface area contributed by atoms with E-state index in [2.05, 4.69) is 17.4 Å². The fourth-order valence-corrected chi connectivity index (χ4v) is 3.23. The average Bonchev–Trinajstić information content (AvgIpc) is 2.90. The standard InChI is InChI=1S/C16H22N2O3/c1-11-8-18(9-13(10-19)21-11)16(20)6-12-7-17-15-5-3-2-4-14(12)15/h2-5,11-13,17,19H,6-10H2,1H3. The normalized spacial score (nSPS) is 28.1. The summed E-state index contributed by atoms with van der Waals surface area (Å²) in [4.78, 5) is 14.4. The van der Waals surface area contributed by atoms with Gasteiger partial charge in [0.2, 0.25) is 5.91 Å². The zero-order valence-corrected chi connectivity index (χ0v) is 12.3. The summed E-state index contributed by atoms with van der Waals surface area (Å²) in [6, 6.07) is 8.16. The van der Waals surface area contributed by atoms with E-state index in [1.807, 2.05) is 24.0 Å². The van der Waals surface area contributed by atoms with Gasteiger partial charge < -0.3 is 20.1 Å². The molecule has 21 heavy (non-hydrogen) atoms. The van der Waals surface area contributed by atoms with Gasteiger partial charge in [-0.1, -0.05) is 18.2 Å². The molecule has 0 bridgehead atoms. The van der Waals surface area contributed by atoms with Crippen LogP contribution in [0.2, 0.25) is 0 Å². The van der Waals surface area contributed by atoms with Gasteiger partial charge in [0, 0.05) is 37.7 Å². The molecule has 2 aliphatic heterocycles. The third-order valence-corrected chi connectivity index (χ3v) is 4.24. The van der Waals surface area contributed by atoms with Crippen LogP contribution in [-0.4, -0.2) is 54.4 Å². The highest BCUT2D eigenvalue weighted by Crippen LogP contribution is 2.33. The first-order chi connectivity index (χ1) is 10.2. The van der Waals surface area contributed by atoms with Gasteiger partial charge in [0.1, 0.15) is 0 Å². The van der Waals surface area contributed by atoms with E-state index in [0.717, 1.165) is 12.2 Å². The molecule has 1 saturated heterocycles. The highest BCUT2D eigenvalue weighted by atomic mass is 16.5. The number of anilines is 1. The van der Waals surface area contributed by atoms with Crippen LogP contribution in [0.15, 0.2) is 24.3 Å². The van der Waals surface area contributed by atoms with Gasteiger partial charge in [-0.15, -0.1) is 0 Å². The van der Waals surface area contributed by atoms with Crippen LogP contribution in [-0.2, 0) is 9.53 Å². The highest BCUT2D eigenvalue weighted by molar-refractivity contribution is 5.78. The molecular weight excluding hydrogens is 268 g/mol. The van der Waals surface area contributed by atoms with Crippen LogP contribution < -0.4 is 5.32 Å². The van der Waals surface area contributed by atoms with Crippen molar-refractivity contribution in [2.75, 3.05) is 31.6 Å². The van der Waals surface area contributed by atoms with E-state index in [1.54, 1.807) is 0 Å². The Balaban J connectivity index is 1.64. The molecule has 1 aromatic rings. The molecule has 3 rings (SSSR count). The number of carbonyl (C=O) groups excluding carboxylic acids is 1. The Labute approximate surface area is 124 Å². The van der Waals surface area contributed by atoms with E-state index >= 15 is 0 Å². The van der Waals surface area contributed by atoms with E-state index in [4.69, 9.17) is 4.74 Å². The van der Waals surface area contributed by atoms with Crippen molar-refractivity contribution >= 4 is 11.6 Å². The number of hydrogen-bond donors (Lipinski definition) is 2. The van der Waals surface area contributed by atoms with Crippen LogP contribution in [0.1, 0.15) is 24.8 Å². The maximum atomic E-state index is 12.5. The second-order valence-corrected chi connectivity index (χ2v) is 5.92. The van der Waals surface area contributed by atoms with Crippen LogP contribution in [0.5, 0.6) is 0 Å². The molecule has 1 fully saturated rings. The lowest BCUT2D eigenvalue weighted by molar-refractivity contribution is -0.147. The van der Waals surface area contributed by atoms with Crippen molar-refractivity contribution in [2.24, 2.45) is 0 Å². The number of ether oxygens (including phenoxy) is 1. The summed E-state index contributed by atoms with van der Waals surface area (Å²) in [7, 11) is 0. The molecule has 1 aromatic carbocycles. The van der Waals surface area contributed by atoms with Crippen molar-refractivity contribution in [3.8, 4) is 0 Å². The number of fused-ring (bicyclic) bond motifs is 1. The van der Waals surface area contributed by atoms with Gasteiger partial charge >= 0.3 is 0 Å². The molecule has 3 unspecified atom stereocenters. The Bertz CT molecular complexity index is 520. The molecule has 1 amide bonds. The van der Waals surface area contributed by atoms with Crippen LogP contribution in [0, 0.1) is 0 Å². The van der Waals surface area contributed by atoms with Crippen molar-refractivity contribution in [1.29, 1.82) is 0 Å². The van der Waals surface area contributed by atoms with Gasteiger partial charge in [-0.05, 0) is 18.6 Å². The second kappa shape index (κ2) is 6.03. The molecule has 0 aromatic heterocycles. The third-order valence-electron chi connectivity index (χ3n) is 4.24.